The lowest BCUT2D eigenvalue weighted by Gasteiger charge is -2.20. The molecule has 118 valence electrons. The summed E-state index contributed by atoms with van der Waals surface area (Å²) < 4.78 is 5.23. The molecular formula is C14H24N4O2S. The normalized spacial score (nSPS) is 12.2. The van der Waals surface area contributed by atoms with Crippen molar-refractivity contribution >= 4 is 23.3 Å². The minimum Gasteiger partial charge on any atom is -0.459 e. The molecule has 1 aromatic heterocycles. The fraction of sp³-hybridized carbons (Fsp3) is 0.643. The maximum atomic E-state index is 11.6. The number of esters is 1. The Balaban J connectivity index is 2.43. The summed E-state index contributed by atoms with van der Waals surface area (Å²) in [7, 11) is 1.66. The lowest BCUT2D eigenvalue weighted by Crippen LogP contribution is -2.41. The zero-order valence-electron chi connectivity index (χ0n) is 13.5. The van der Waals surface area contributed by atoms with Gasteiger partial charge in [-0.05, 0) is 34.6 Å². The molecule has 7 heteroatoms. The number of hydrogen-bond acceptors (Lipinski definition) is 5. The van der Waals surface area contributed by atoms with Crippen LogP contribution in [0.15, 0.2) is 4.99 Å². The van der Waals surface area contributed by atoms with E-state index in [1.54, 1.807) is 18.4 Å². The first kappa shape index (κ1) is 17.4. The molecule has 0 atom stereocenters. The van der Waals surface area contributed by atoms with Crippen molar-refractivity contribution < 1.29 is 9.53 Å². The highest BCUT2D eigenvalue weighted by Gasteiger charge is 2.16. The van der Waals surface area contributed by atoms with Crippen LogP contribution in [0.25, 0.3) is 0 Å². The van der Waals surface area contributed by atoms with Crippen LogP contribution >= 0.6 is 11.3 Å². The quantitative estimate of drug-likeness (QED) is 0.503. The molecule has 0 bridgehead atoms. The van der Waals surface area contributed by atoms with Gasteiger partial charge in [0, 0.05) is 11.9 Å². The second-order valence-corrected chi connectivity index (χ2v) is 6.89. The molecule has 0 amide bonds. The van der Waals surface area contributed by atoms with Crippen LogP contribution in [0.4, 0.5) is 0 Å². The highest BCUT2D eigenvalue weighted by atomic mass is 32.1. The number of guanidine groups is 1. The fourth-order valence-corrected chi connectivity index (χ4v) is 2.53. The average molecular weight is 312 g/mol. The Hall–Kier alpha value is -1.63. The van der Waals surface area contributed by atoms with Gasteiger partial charge in [0.25, 0.3) is 0 Å². The Labute approximate surface area is 130 Å². The molecule has 21 heavy (non-hydrogen) atoms. The molecule has 0 aromatic carbocycles. The van der Waals surface area contributed by atoms with Crippen LogP contribution in [0, 0.1) is 13.8 Å². The summed E-state index contributed by atoms with van der Waals surface area (Å²) in [5.74, 6) is 0.251. The van der Waals surface area contributed by atoms with Gasteiger partial charge in [0.15, 0.2) is 5.96 Å². The van der Waals surface area contributed by atoms with E-state index in [1.807, 2.05) is 34.6 Å². The molecule has 0 aliphatic heterocycles. The maximum Gasteiger partial charge on any atom is 0.325 e. The zero-order valence-corrected chi connectivity index (χ0v) is 14.3. The van der Waals surface area contributed by atoms with E-state index in [-0.39, 0.29) is 12.5 Å². The molecule has 0 radical (unpaired) electrons. The van der Waals surface area contributed by atoms with Crippen LogP contribution < -0.4 is 10.6 Å². The Morgan fingerprint density at radius 1 is 1.33 bits per heavy atom. The summed E-state index contributed by atoms with van der Waals surface area (Å²) in [6.07, 6.45) is 0. The number of nitrogens with one attached hydrogen (secondary N) is 2. The number of carbonyl (C=O) groups excluding carboxylic acids is 1. The predicted molar refractivity (Wildman–Crippen MR) is 85.6 cm³/mol. The van der Waals surface area contributed by atoms with Crippen molar-refractivity contribution in [2.75, 3.05) is 13.6 Å². The van der Waals surface area contributed by atoms with Gasteiger partial charge in [-0.1, -0.05) is 0 Å². The third-order valence-corrected chi connectivity index (χ3v) is 3.53. The van der Waals surface area contributed by atoms with Crippen LogP contribution in [-0.2, 0) is 16.1 Å². The number of ether oxygens (including phenoxy) is 1. The number of hydrogen-bond donors (Lipinski definition) is 2. The predicted octanol–water partition coefficient (Wildman–Crippen LogP) is 1.77. The lowest BCUT2D eigenvalue weighted by atomic mass is 10.2. The highest BCUT2D eigenvalue weighted by molar-refractivity contribution is 7.11. The molecular weight excluding hydrogens is 288 g/mol. The summed E-state index contributed by atoms with van der Waals surface area (Å²) in [4.78, 5) is 21.2. The highest BCUT2D eigenvalue weighted by Crippen LogP contribution is 2.16. The van der Waals surface area contributed by atoms with Gasteiger partial charge in [0.1, 0.15) is 12.1 Å². The summed E-state index contributed by atoms with van der Waals surface area (Å²) in [5, 5.41) is 7.14. The summed E-state index contributed by atoms with van der Waals surface area (Å²) in [5.41, 5.74) is 0.542. The number of aliphatic imine (C=N–C) groups is 1. The molecule has 0 aliphatic carbocycles. The van der Waals surface area contributed by atoms with Gasteiger partial charge >= 0.3 is 5.97 Å². The standard InChI is InChI=1S/C14H24N4O2S/c1-9-11(21-10(2)18-9)7-16-13(15-6)17-8-12(19)20-14(3,4)5/h7-8H2,1-6H3,(H2,15,16,17). The zero-order chi connectivity index (χ0) is 16.0. The van der Waals surface area contributed by atoms with Crippen molar-refractivity contribution in [3.63, 3.8) is 0 Å². The molecule has 0 saturated carbocycles. The first-order chi connectivity index (χ1) is 9.71. The van der Waals surface area contributed by atoms with E-state index in [2.05, 4.69) is 20.6 Å². The van der Waals surface area contributed by atoms with Crippen LogP contribution in [-0.4, -0.2) is 36.1 Å². The van der Waals surface area contributed by atoms with Crippen molar-refractivity contribution in [3.8, 4) is 0 Å². The smallest absolute Gasteiger partial charge is 0.325 e. The molecule has 1 heterocycles. The number of rotatable bonds is 4. The van der Waals surface area contributed by atoms with Gasteiger partial charge in [0.2, 0.25) is 0 Å². The number of aromatic nitrogens is 1. The van der Waals surface area contributed by atoms with Crippen LogP contribution in [0.5, 0.6) is 0 Å². The summed E-state index contributed by atoms with van der Waals surface area (Å²) in [6.45, 7) is 10.2. The van der Waals surface area contributed by atoms with Gasteiger partial charge in [-0.15, -0.1) is 11.3 Å². The maximum absolute atomic E-state index is 11.6. The first-order valence-electron chi connectivity index (χ1n) is 6.80. The first-order valence-corrected chi connectivity index (χ1v) is 7.62. The van der Waals surface area contributed by atoms with Crippen LogP contribution in [0.3, 0.4) is 0 Å². The van der Waals surface area contributed by atoms with E-state index < -0.39 is 5.60 Å². The van der Waals surface area contributed by atoms with Gasteiger partial charge in [0.05, 0.1) is 17.2 Å². The monoisotopic (exact) mass is 312 g/mol. The van der Waals surface area contributed by atoms with Crippen molar-refractivity contribution in [2.24, 2.45) is 4.99 Å². The van der Waals surface area contributed by atoms with Crippen molar-refractivity contribution in [1.29, 1.82) is 0 Å². The molecule has 6 nitrogen and oxygen atoms in total. The summed E-state index contributed by atoms with van der Waals surface area (Å²) in [6, 6.07) is 0. The molecule has 0 aliphatic rings. The number of thiazole rings is 1. The Morgan fingerprint density at radius 3 is 2.48 bits per heavy atom. The molecule has 1 aromatic rings. The Bertz CT molecular complexity index is 518. The molecule has 0 saturated heterocycles. The second-order valence-electron chi connectivity index (χ2n) is 5.61. The third kappa shape index (κ3) is 6.57. The molecule has 0 unspecified atom stereocenters. The molecule has 0 fully saturated rings. The van der Waals surface area contributed by atoms with Gasteiger partial charge in [-0.25, -0.2) is 4.98 Å². The van der Waals surface area contributed by atoms with Crippen LogP contribution in [0.1, 0.15) is 36.3 Å². The lowest BCUT2D eigenvalue weighted by molar-refractivity contribution is -0.153. The van der Waals surface area contributed by atoms with Crippen molar-refractivity contribution in [3.05, 3.63) is 15.6 Å². The van der Waals surface area contributed by atoms with E-state index in [0.717, 1.165) is 15.6 Å². The fourth-order valence-electron chi connectivity index (χ4n) is 1.66. The second kappa shape index (κ2) is 7.40. The number of carbonyl (C=O) groups is 1. The van der Waals surface area contributed by atoms with E-state index in [9.17, 15) is 4.79 Å². The summed E-state index contributed by atoms with van der Waals surface area (Å²) >= 11 is 1.65. The SMILES string of the molecule is CN=C(NCC(=O)OC(C)(C)C)NCc1sc(C)nc1C. The van der Waals surface area contributed by atoms with E-state index >= 15 is 0 Å². The molecule has 2 N–H and O–H groups in total. The van der Waals surface area contributed by atoms with E-state index in [0.29, 0.717) is 12.5 Å². The van der Waals surface area contributed by atoms with Crippen molar-refractivity contribution in [1.82, 2.24) is 15.6 Å². The third-order valence-electron chi connectivity index (χ3n) is 2.46. The Kier molecular flexibility index (Phi) is 6.14. The van der Waals surface area contributed by atoms with Gasteiger partial charge in [-0.2, -0.15) is 0 Å². The average Bonchev–Trinajstić information content (AvgIpc) is 2.66. The van der Waals surface area contributed by atoms with Crippen molar-refractivity contribution in [2.45, 2.75) is 46.8 Å². The minimum atomic E-state index is -0.479. The molecule has 0 spiro atoms. The van der Waals surface area contributed by atoms with E-state index in [4.69, 9.17) is 4.74 Å². The van der Waals surface area contributed by atoms with E-state index in [1.165, 1.54) is 0 Å². The van der Waals surface area contributed by atoms with Gasteiger partial charge in [-0.3, -0.25) is 9.79 Å². The Morgan fingerprint density at radius 2 is 2.00 bits per heavy atom. The number of aryl methyl sites for hydroxylation is 2. The minimum absolute atomic E-state index is 0.0810. The largest absolute Gasteiger partial charge is 0.459 e. The molecule has 1 rings (SSSR count). The van der Waals surface area contributed by atoms with Crippen LogP contribution in [0.2, 0.25) is 0 Å². The number of nitrogens with zero attached hydrogens (tertiary/aromatic N) is 2. The topological polar surface area (TPSA) is 75.6 Å². The van der Waals surface area contributed by atoms with Gasteiger partial charge < -0.3 is 15.4 Å².